The zero-order valence-electron chi connectivity index (χ0n) is 19.1. The highest BCUT2D eigenvalue weighted by molar-refractivity contribution is 6.02. The van der Waals surface area contributed by atoms with Crippen LogP contribution in [0.4, 0.5) is 11.4 Å². The fraction of sp³-hybridized carbons (Fsp3) is 0.259. The van der Waals surface area contributed by atoms with Crippen LogP contribution in [-0.2, 0) is 15.0 Å². The Kier molecular flexibility index (Phi) is 5.49. The molecule has 0 radical (unpaired) electrons. The summed E-state index contributed by atoms with van der Waals surface area (Å²) in [6.07, 6.45) is 1.58. The molecule has 1 aliphatic carbocycles. The van der Waals surface area contributed by atoms with Crippen LogP contribution in [0.15, 0.2) is 54.6 Å². The van der Waals surface area contributed by atoms with E-state index in [2.05, 4.69) is 10.6 Å². The molecule has 7 heteroatoms. The maximum absolute atomic E-state index is 13.3. The Morgan fingerprint density at radius 2 is 1.62 bits per heavy atom. The van der Waals surface area contributed by atoms with Crippen LogP contribution in [0.25, 0.3) is 11.1 Å². The number of hydrogen-bond acceptors (Lipinski definition) is 5. The van der Waals surface area contributed by atoms with Gasteiger partial charge in [-0.15, -0.1) is 0 Å². The molecule has 0 aromatic heterocycles. The lowest BCUT2D eigenvalue weighted by Gasteiger charge is -2.18. The largest absolute Gasteiger partial charge is 0.454 e. The van der Waals surface area contributed by atoms with E-state index in [4.69, 9.17) is 14.6 Å². The third-order valence-corrected chi connectivity index (χ3v) is 6.55. The minimum atomic E-state index is -0.560. The van der Waals surface area contributed by atoms with Crippen LogP contribution in [-0.4, -0.2) is 30.3 Å². The van der Waals surface area contributed by atoms with Gasteiger partial charge in [0, 0.05) is 14.2 Å². The number of aryl methyl sites for hydroxylation is 2. The number of ether oxygens (including phenoxy) is 2. The second-order valence-electron chi connectivity index (χ2n) is 8.87. The summed E-state index contributed by atoms with van der Waals surface area (Å²) in [4.78, 5) is 24.8. The van der Waals surface area contributed by atoms with Crippen molar-refractivity contribution < 1.29 is 27.0 Å². The molecule has 178 valence electrons. The molecule has 2 aliphatic rings. The van der Waals surface area contributed by atoms with Crippen molar-refractivity contribution in [1.82, 2.24) is 0 Å². The molecule has 0 unspecified atom stereocenters. The normalized spacial score (nSPS) is 15.0. The SMILES string of the molecule is Cc1cc(NC(=O)CO)ccc1-c1cc(NC(=O)C2(c3ccc4c(c3)OCO4)CC2)ccc1C.[HH].[HH]. The smallest absolute Gasteiger partial charge is 0.250 e. The Labute approximate surface area is 200 Å². The lowest BCUT2D eigenvalue weighted by Crippen LogP contribution is -2.27. The summed E-state index contributed by atoms with van der Waals surface area (Å²) in [5, 5.41) is 14.7. The van der Waals surface area contributed by atoms with E-state index in [-0.39, 0.29) is 15.6 Å². The first-order chi connectivity index (χ1) is 16.4. The van der Waals surface area contributed by atoms with Gasteiger partial charge in [-0.2, -0.15) is 0 Å². The van der Waals surface area contributed by atoms with Gasteiger partial charge < -0.3 is 25.2 Å². The molecule has 7 nitrogen and oxygen atoms in total. The maximum atomic E-state index is 13.3. The van der Waals surface area contributed by atoms with E-state index in [0.29, 0.717) is 17.2 Å². The van der Waals surface area contributed by atoms with Crippen molar-refractivity contribution in [2.75, 3.05) is 24.0 Å². The second-order valence-corrected chi connectivity index (χ2v) is 8.87. The Morgan fingerprint density at radius 3 is 2.35 bits per heavy atom. The van der Waals surface area contributed by atoms with Gasteiger partial charge in [0.05, 0.1) is 5.41 Å². The lowest BCUT2D eigenvalue weighted by molar-refractivity contribution is -0.119. The van der Waals surface area contributed by atoms with Crippen LogP contribution < -0.4 is 20.1 Å². The molecule has 34 heavy (non-hydrogen) atoms. The Balaban J connectivity index is 0.00000180. The fourth-order valence-corrected chi connectivity index (χ4v) is 4.45. The third kappa shape index (κ3) is 3.99. The predicted molar refractivity (Wildman–Crippen MR) is 133 cm³/mol. The number of nitrogens with one attached hydrogen (secondary N) is 2. The van der Waals surface area contributed by atoms with Gasteiger partial charge in [0.1, 0.15) is 6.61 Å². The molecule has 1 fully saturated rings. The number of amides is 2. The van der Waals surface area contributed by atoms with Crippen LogP contribution in [0.1, 0.15) is 32.4 Å². The van der Waals surface area contributed by atoms with E-state index in [1.54, 1.807) is 6.07 Å². The number of fused-ring (bicyclic) bond motifs is 1. The molecule has 3 N–H and O–H groups in total. The molecule has 0 saturated heterocycles. The number of anilines is 2. The van der Waals surface area contributed by atoms with Crippen LogP contribution in [0.3, 0.4) is 0 Å². The van der Waals surface area contributed by atoms with E-state index in [1.165, 1.54) is 0 Å². The summed E-state index contributed by atoms with van der Waals surface area (Å²) in [5.74, 6) is 0.910. The van der Waals surface area contributed by atoms with Gasteiger partial charge in [0.2, 0.25) is 18.6 Å². The van der Waals surface area contributed by atoms with E-state index in [1.807, 2.05) is 62.4 Å². The summed E-state index contributed by atoms with van der Waals surface area (Å²) in [6, 6.07) is 17.2. The van der Waals surface area contributed by atoms with Gasteiger partial charge in [-0.25, -0.2) is 0 Å². The van der Waals surface area contributed by atoms with Gasteiger partial charge in [-0.1, -0.05) is 18.2 Å². The van der Waals surface area contributed by atoms with Crippen molar-refractivity contribution >= 4 is 23.2 Å². The summed E-state index contributed by atoms with van der Waals surface area (Å²) < 4.78 is 10.9. The van der Waals surface area contributed by atoms with Gasteiger partial charge in [-0.05, 0) is 90.9 Å². The van der Waals surface area contributed by atoms with Crippen LogP contribution >= 0.6 is 0 Å². The first kappa shape index (κ1) is 22.0. The van der Waals surface area contributed by atoms with E-state index < -0.39 is 17.9 Å². The molecule has 3 aromatic carbocycles. The van der Waals surface area contributed by atoms with E-state index >= 15 is 0 Å². The minimum Gasteiger partial charge on any atom is -0.454 e. The van der Waals surface area contributed by atoms with Crippen molar-refractivity contribution in [2.24, 2.45) is 0 Å². The standard InChI is InChI=1S/C27H26N2O5.2H2/c1-16-3-5-20(13-22(16)21-7-6-19(11-17(21)2)28-25(31)14-30)29-26(32)27(9-10-27)18-4-8-23-24(12-18)34-15-33-23;;/h3-8,11-13,30H,9-10,14-15H2,1-2H3,(H,28,31)(H,29,32);2*1H. The first-order valence-electron chi connectivity index (χ1n) is 11.2. The quantitative estimate of drug-likeness (QED) is 0.489. The molecule has 2 amide bonds. The molecular formula is C27H30N2O5. The second kappa shape index (κ2) is 8.50. The molecule has 3 aromatic rings. The molecule has 1 aliphatic heterocycles. The zero-order valence-corrected chi connectivity index (χ0v) is 19.1. The molecule has 5 rings (SSSR count). The number of benzene rings is 3. The Morgan fingerprint density at radius 1 is 0.882 bits per heavy atom. The molecule has 1 saturated carbocycles. The van der Waals surface area contributed by atoms with E-state index in [0.717, 1.165) is 46.3 Å². The predicted octanol–water partition coefficient (Wildman–Crippen LogP) is 4.79. The van der Waals surface area contributed by atoms with Gasteiger partial charge in [0.15, 0.2) is 11.5 Å². The summed E-state index contributed by atoms with van der Waals surface area (Å²) in [7, 11) is 0. The number of carbonyl (C=O) groups is 2. The van der Waals surface area contributed by atoms with Gasteiger partial charge in [0.25, 0.3) is 0 Å². The minimum absolute atomic E-state index is 0. The Bertz CT molecular complexity index is 1310. The van der Waals surface area contributed by atoms with Crippen LogP contribution in [0.2, 0.25) is 0 Å². The van der Waals surface area contributed by atoms with Crippen molar-refractivity contribution in [3.05, 3.63) is 71.3 Å². The maximum Gasteiger partial charge on any atom is 0.250 e. The lowest BCUT2D eigenvalue weighted by atomic mass is 9.93. The average molecular weight is 463 g/mol. The van der Waals surface area contributed by atoms with Crippen LogP contribution in [0.5, 0.6) is 11.5 Å². The molecule has 0 bridgehead atoms. The summed E-state index contributed by atoms with van der Waals surface area (Å²) in [6.45, 7) is 3.64. The number of carbonyl (C=O) groups excluding carboxylic acids is 2. The summed E-state index contributed by atoms with van der Waals surface area (Å²) >= 11 is 0. The average Bonchev–Trinajstić information content (AvgIpc) is 3.51. The van der Waals surface area contributed by atoms with Crippen molar-refractivity contribution in [2.45, 2.75) is 32.1 Å². The number of aliphatic hydroxyl groups excluding tert-OH is 1. The first-order valence-corrected chi connectivity index (χ1v) is 11.2. The fourth-order valence-electron chi connectivity index (χ4n) is 4.45. The highest BCUT2D eigenvalue weighted by Crippen LogP contribution is 2.51. The highest BCUT2D eigenvalue weighted by Gasteiger charge is 2.51. The highest BCUT2D eigenvalue weighted by atomic mass is 16.7. The van der Waals surface area contributed by atoms with Crippen molar-refractivity contribution in [3.8, 4) is 22.6 Å². The van der Waals surface area contributed by atoms with Crippen LogP contribution in [0, 0.1) is 13.8 Å². The molecule has 0 spiro atoms. The van der Waals surface area contributed by atoms with Gasteiger partial charge in [-0.3, -0.25) is 9.59 Å². The third-order valence-electron chi connectivity index (χ3n) is 6.55. The summed E-state index contributed by atoms with van der Waals surface area (Å²) in [5.41, 5.74) is 5.81. The van der Waals surface area contributed by atoms with E-state index in [9.17, 15) is 9.59 Å². The van der Waals surface area contributed by atoms with Crippen molar-refractivity contribution in [1.29, 1.82) is 0 Å². The monoisotopic (exact) mass is 462 g/mol. The zero-order chi connectivity index (χ0) is 23.9. The van der Waals surface area contributed by atoms with Crippen molar-refractivity contribution in [3.63, 3.8) is 0 Å². The molecular weight excluding hydrogens is 432 g/mol. The number of rotatable bonds is 6. The topological polar surface area (TPSA) is 96.9 Å². The Hall–Kier alpha value is -3.84. The molecule has 0 atom stereocenters. The number of hydrogen-bond donors (Lipinski definition) is 3. The number of aliphatic hydroxyl groups is 1. The van der Waals surface area contributed by atoms with Gasteiger partial charge >= 0.3 is 0 Å². The molecule has 1 heterocycles.